The number of nitrogens with one attached hydrogen (secondary N) is 1. The summed E-state index contributed by atoms with van der Waals surface area (Å²) in [6, 6.07) is -0.0299. The van der Waals surface area contributed by atoms with Crippen molar-refractivity contribution in [3.63, 3.8) is 0 Å². The van der Waals surface area contributed by atoms with Gasteiger partial charge in [-0.15, -0.1) is 0 Å². The number of rotatable bonds is 4. The second-order valence-corrected chi connectivity index (χ2v) is 4.54. The van der Waals surface area contributed by atoms with Gasteiger partial charge in [0, 0.05) is 12.6 Å². The lowest BCUT2D eigenvalue weighted by Crippen LogP contribution is -2.32. The second kappa shape index (κ2) is 5.00. The molecule has 0 saturated heterocycles. The van der Waals surface area contributed by atoms with Crippen LogP contribution in [0.3, 0.4) is 0 Å². The Morgan fingerprint density at radius 2 is 2.05 bits per heavy atom. The minimum absolute atomic E-state index is 0.0299. The number of H-pyrrole nitrogens is 1. The molecule has 19 heavy (non-hydrogen) atoms. The summed E-state index contributed by atoms with van der Waals surface area (Å²) in [6.45, 7) is 6.64. The smallest absolute Gasteiger partial charge is 0.324 e. The van der Waals surface area contributed by atoms with Gasteiger partial charge in [-0.1, -0.05) is 6.92 Å². The van der Waals surface area contributed by atoms with Gasteiger partial charge in [0.1, 0.15) is 5.82 Å². The lowest BCUT2D eigenvalue weighted by molar-refractivity contribution is 0.517. The molecule has 2 heterocycles. The molecule has 1 unspecified atom stereocenters. The highest BCUT2D eigenvalue weighted by atomic mass is 16.2. The molecule has 1 atom stereocenters. The molecule has 0 fully saturated rings. The maximum absolute atomic E-state index is 12.0. The van der Waals surface area contributed by atoms with Crippen molar-refractivity contribution in [2.45, 2.75) is 46.3 Å². The Kier molecular flexibility index (Phi) is 3.57. The van der Waals surface area contributed by atoms with E-state index in [9.17, 15) is 9.59 Å². The second-order valence-electron chi connectivity index (χ2n) is 4.54. The number of hydrogen-bond acceptors (Lipinski definition) is 4. The number of nitrogens with two attached hydrogens (primary N) is 1. The maximum atomic E-state index is 12.0. The minimum Gasteiger partial charge on any atom is -0.324 e. The fraction of sp³-hybridized carbons (Fsp3) is 0.583. The van der Waals surface area contributed by atoms with Crippen molar-refractivity contribution in [1.29, 1.82) is 0 Å². The minimum atomic E-state index is -0.420. The van der Waals surface area contributed by atoms with Crippen LogP contribution in [-0.2, 0) is 13.1 Å². The molecule has 0 aromatic carbocycles. The summed E-state index contributed by atoms with van der Waals surface area (Å²) in [7, 11) is 0. The SMILES string of the molecule is CCC(C)n1c(=O)[nH]c(=O)c2c1nc(CN)n2CC. The third-order valence-electron chi connectivity index (χ3n) is 3.44. The van der Waals surface area contributed by atoms with E-state index < -0.39 is 11.2 Å². The molecule has 7 heteroatoms. The molecule has 0 aliphatic heterocycles. The summed E-state index contributed by atoms with van der Waals surface area (Å²) < 4.78 is 3.29. The molecule has 2 rings (SSSR count). The van der Waals surface area contributed by atoms with Crippen molar-refractivity contribution in [2.24, 2.45) is 5.73 Å². The van der Waals surface area contributed by atoms with Crippen molar-refractivity contribution < 1.29 is 0 Å². The van der Waals surface area contributed by atoms with Gasteiger partial charge >= 0.3 is 5.69 Å². The Morgan fingerprint density at radius 3 is 2.58 bits per heavy atom. The molecule has 0 radical (unpaired) electrons. The van der Waals surface area contributed by atoms with E-state index in [0.29, 0.717) is 23.5 Å². The van der Waals surface area contributed by atoms with Crippen molar-refractivity contribution in [3.05, 3.63) is 26.7 Å². The van der Waals surface area contributed by atoms with Crippen LogP contribution in [0, 0.1) is 0 Å². The first-order valence-corrected chi connectivity index (χ1v) is 6.49. The van der Waals surface area contributed by atoms with E-state index in [0.717, 1.165) is 6.42 Å². The Hall–Kier alpha value is -1.89. The summed E-state index contributed by atoms with van der Waals surface area (Å²) in [4.78, 5) is 30.7. The van der Waals surface area contributed by atoms with E-state index >= 15 is 0 Å². The summed E-state index contributed by atoms with van der Waals surface area (Å²) in [5.41, 5.74) is 5.67. The molecule has 2 aromatic heterocycles. The quantitative estimate of drug-likeness (QED) is 0.832. The van der Waals surface area contributed by atoms with Crippen LogP contribution in [-0.4, -0.2) is 19.1 Å². The summed E-state index contributed by atoms with van der Waals surface area (Å²) in [6.07, 6.45) is 0.776. The standard InChI is InChI=1S/C12H19N5O2/c1-4-7(3)17-10-9(11(18)15-12(17)19)16(5-2)8(6-13)14-10/h7H,4-6,13H2,1-3H3,(H,15,18,19). The third-order valence-corrected chi connectivity index (χ3v) is 3.44. The van der Waals surface area contributed by atoms with Crippen LogP contribution < -0.4 is 17.0 Å². The molecule has 0 bridgehead atoms. The molecule has 3 N–H and O–H groups in total. The van der Waals surface area contributed by atoms with E-state index in [-0.39, 0.29) is 12.6 Å². The highest BCUT2D eigenvalue weighted by Gasteiger charge is 2.18. The summed E-state index contributed by atoms with van der Waals surface area (Å²) in [5.74, 6) is 0.616. The zero-order valence-electron chi connectivity index (χ0n) is 11.4. The van der Waals surface area contributed by atoms with Crippen LogP contribution in [0.25, 0.3) is 11.2 Å². The molecule has 7 nitrogen and oxygen atoms in total. The average Bonchev–Trinajstić information content (AvgIpc) is 2.76. The largest absolute Gasteiger partial charge is 0.330 e. The summed E-state index contributed by atoms with van der Waals surface area (Å²) >= 11 is 0. The highest BCUT2D eigenvalue weighted by molar-refractivity contribution is 5.71. The molecule has 0 amide bonds. The van der Waals surface area contributed by atoms with Crippen molar-refractivity contribution in [2.75, 3.05) is 0 Å². The van der Waals surface area contributed by atoms with Gasteiger partial charge in [0.15, 0.2) is 11.2 Å². The van der Waals surface area contributed by atoms with Crippen LogP contribution in [0.1, 0.15) is 39.1 Å². The van der Waals surface area contributed by atoms with E-state index in [1.54, 1.807) is 4.57 Å². The number of aryl methyl sites for hydroxylation is 1. The van der Waals surface area contributed by atoms with Gasteiger partial charge in [-0.25, -0.2) is 9.78 Å². The lowest BCUT2D eigenvalue weighted by atomic mass is 10.2. The van der Waals surface area contributed by atoms with Gasteiger partial charge in [0.25, 0.3) is 5.56 Å². The van der Waals surface area contributed by atoms with E-state index in [2.05, 4.69) is 9.97 Å². The third kappa shape index (κ3) is 1.99. The predicted molar refractivity (Wildman–Crippen MR) is 73.2 cm³/mol. The molecule has 2 aromatic rings. The fourth-order valence-corrected chi connectivity index (χ4v) is 2.28. The summed E-state index contributed by atoms with van der Waals surface area (Å²) in [5, 5.41) is 0. The first-order chi connectivity index (χ1) is 9.04. The Balaban J connectivity index is 2.95. The van der Waals surface area contributed by atoms with Gasteiger partial charge in [-0.2, -0.15) is 0 Å². The average molecular weight is 265 g/mol. The number of imidazole rings is 1. The van der Waals surface area contributed by atoms with Gasteiger partial charge in [-0.3, -0.25) is 14.3 Å². The zero-order valence-corrected chi connectivity index (χ0v) is 11.4. The van der Waals surface area contributed by atoms with Crippen LogP contribution in [0.4, 0.5) is 0 Å². The normalized spacial score (nSPS) is 13.1. The first-order valence-electron chi connectivity index (χ1n) is 6.49. The number of nitrogens with zero attached hydrogens (tertiary/aromatic N) is 3. The number of aromatic amines is 1. The van der Waals surface area contributed by atoms with Crippen molar-refractivity contribution in [1.82, 2.24) is 19.1 Å². The van der Waals surface area contributed by atoms with Crippen LogP contribution in [0.2, 0.25) is 0 Å². The first kappa shape index (κ1) is 13.5. The molecule has 0 aliphatic rings. The molecule has 0 aliphatic carbocycles. The number of aromatic nitrogens is 4. The Morgan fingerprint density at radius 1 is 1.37 bits per heavy atom. The van der Waals surface area contributed by atoms with E-state index in [1.807, 2.05) is 20.8 Å². The fourth-order valence-electron chi connectivity index (χ4n) is 2.28. The van der Waals surface area contributed by atoms with Gasteiger partial charge in [0.05, 0.1) is 6.54 Å². The van der Waals surface area contributed by atoms with Gasteiger partial charge < -0.3 is 10.3 Å². The Labute approximate surface area is 110 Å². The molecule has 0 saturated carbocycles. The van der Waals surface area contributed by atoms with E-state index in [1.165, 1.54) is 4.57 Å². The van der Waals surface area contributed by atoms with Crippen molar-refractivity contribution in [3.8, 4) is 0 Å². The number of hydrogen-bond donors (Lipinski definition) is 2. The zero-order chi connectivity index (χ0) is 14.2. The van der Waals surface area contributed by atoms with Crippen LogP contribution >= 0.6 is 0 Å². The topological polar surface area (TPSA) is 98.7 Å². The van der Waals surface area contributed by atoms with Crippen molar-refractivity contribution >= 4 is 11.2 Å². The van der Waals surface area contributed by atoms with Crippen LogP contribution in [0.5, 0.6) is 0 Å². The molecule has 104 valence electrons. The maximum Gasteiger partial charge on any atom is 0.330 e. The lowest BCUT2D eigenvalue weighted by Gasteiger charge is -2.12. The predicted octanol–water partition coefficient (Wildman–Crippen LogP) is 0.336. The monoisotopic (exact) mass is 265 g/mol. The Bertz CT molecular complexity index is 709. The van der Waals surface area contributed by atoms with Crippen LogP contribution in [0.15, 0.2) is 9.59 Å². The molecular formula is C12H19N5O2. The van der Waals surface area contributed by atoms with Gasteiger partial charge in [-0.05, 0) is 20.3 Å². The number of fused-ring (bicyclic) bond motifs is 1. The van der Waals surface area contributed by atoms with E-state index in [4.69, 9.17) is 5.73 Å². The highest BCUT2D eigenvalue weighted by Crippen LogP contribution is 2.16. The molecule has 0 spiro atoms. The van der Waals surface area contributed by atoms with Gasteiger partial charge in [0.2, 0.25) is 0 Å². The molecular weight excluding hydrogens is 246 g/mol.